The minimum absolute atomic E-state index is 0.00101. The number of hydrogen-bond acceptors (Lipinski definition) is 3. The van der Waals surface area contributed by atoms with Gasteiger partial charge in [0.05, 0.1) is 5.92 Å². The van der Waals surface area contributed by atoms with Gasteiger partial charge in [-0.25, -0.2) is 0 Å². The highest BCUT2D eigenvalue weighted by Gasteiger charge is 2.33. The summed E-state index contributed by atoms with van der Waals surface area (Å²) < 4.78 is 0. The van der Waals surface area contributed by atoms with E-state index in [-0.39, 0.29) is 30.5 Å². The molecule has 94 valence electrons. The normalized spacial score (nSPS) is 25.1. The zero-order valence-electron chi connectivity index (χ0n) is 10.4. The van der Waals surface area contributed by atoms with Crippen LogP contribution in [0.4, 0.5) is 0 Å². The van der Waals surface area contributed by atoms with Crippen molar-refractivity contribution >= 4 is 5.91 Å². The molecule has 1 aliphatic carbocycles. The summed E-state index contributed by atoms with van der Waals surface area (Å²) in [5, 5.41) is 8.83. The van der Waals surface area contributed by atoms with Crippen LogP contribution in [0.1, 0.15) is 39.5 Å². The van der Waals surface area contributed by atoms with Gasteiger partial charge in [0, 0.05) is 25.2 Å². The van der Waals surface area contributed by atoms with Crippen LogP contribution in [0.25, 0.3) is 0 Å². The highest BCUT2D eigenvalue weighted by atomic mass is 16.3. The van der Waals surface area contributed by atoms with Gasteiger partial charge in [-0.1, -0.05) is 6.42 Å². The lowest BCUT2D eigenvalue weighted by molar-refractivity contribution is -0.137. The first-order valence-electron chi connectivity index (χ1n) is 6.24. The molecule has 2 atom stereocenters. The number of hydrogen-bond donors (Lipinski definition) is 2. The number of nitrogens with two attached hydrogens (primary N) is 1. The standard InChI is InChI=1S/C12H24N2O2/c1-9(2)14(7-4-8-15)12(16)10-5-3-6-11(10)13/h9-11,15H,3-8,13H2,1-2H3. The van der Waals surface area contributed by atoms with Crippen molar-refractivity contribution in [1.29, 1.82) is 0 Å². The highest BCUT2D eigenvalue weighted by molar-refractivity contribution is 5.80. The van der Waals surface area contributed by atoms with E-state index < -0.39 is 0 Å². The van der Waals surface area contributed by atoms with Crippen LogP contribution >= 0.6 is 0 Å². The number of carbonyl (C=O) groups excluding carboxylic acids is 1. The summed E-state index contributed by atoms with van der Waals surface area (Å²) >= 11 is 0. The second kappa shape index (κ2) is 6.21. The Morgan fingerprint density at radius 2 is 2.19 bits per heavy atom. The lowest BCUT2D eigenvalue weighted by atomic mass is 10.0. The third kappa shape index (κ3) is 3.19. The average Bonchev–Trinajstić information content (AvgIpc) is 2.64. The number of nitrogens with zero attached hydrogens (tertiary/aromatic N) is 1. The highest BCUT2D eigenvalue weighted by Crippen LogP contribution is 2.26. The maximum Gasteiger partial charge on any atom is 0.227 e. The largest absolute Gasteiger partial charge is 0.396 e. The van der Waals surface area contributed by atoms with E-state index in [1.807, 2.05) is 18.7 Å². The first-order chi connectivity index (χ1) is 7.57. The van der Waals surface area contributed by atoms with Gasteiger partial charge in [-0.05, 0) is 33.1 Å². The van der Waals surface area contributed by atoms with Crippen molar-refractivity contribution in [2.24, 2.45) is 11.7 Å². The molecule has 0 spiro atoms. The molecule has 16 heavy (non-hydrogen) atoms. The summed E-state index contributed by atoms with van der Waals surface area (Å²) in [4.78, 5) is 14.1. The third-order valence-corrected chi connectivity index (χ3v) is 3.35. The van der Waals surface area contributed by atoms with E-state index in [0.29, 0.717) is 13.0 Å². The van der Waals surface area contributed by atoms with E-state index in [4.69, 9.17) is 10.8 Å². The molecule has 0 radical (unpaired) electrons. The smallest absolute Gasteiger partial charge is 0.227 e. The van der Waals surface area contributed by atoms with Crippen molar-refractivity contribution in [2.45, 2.75) is 51.6 Å². The molecule has 0 aromatic heterocycles. The average molecular weight is 228 g/mol. The zero-order chi connectivity index (χ0) is 12.1. The van der Waals surface area contributed by atoms with Gasteiger partial charge in [0.25, 0.3) is 0 Å². The van der Waals surface area contributed by atoms with Gasteiger partial charge in [0.15, 0.2) is 0 Å². The number of aliphatic hydroxyl groups excluding tert-OH is 1. The van der Waals surface area contributed by atoms with E-state index in [1.165, 1.54) is 0 Å². The summed E-state index contributed by atoms with van der Waals surface area (Å²) in [6.07, 6.45) is 3.58. The molecule has 0 aliphatic heterocycles. The quantitative estimate of drug-likeness (QED) is 0.729. The van der Waals surface area contributed by atoms with E-state index in [1.54, 1.807) is 0 Å². The summed E-state index contributed by atoms with van der Waals surface area (Å²) in [5.74, 6) is 0.176. The van der Waals surface area contributed by atoms with Crippen LogP contribution in [0, 0.1) is 5.92 Å². The summed E-state index contributed by atoms with van der Waals surface area (Å²) in [6, 6.07) is 0.217. The summed E-state index contributed by atoms with van der Waals surface area (Å²) in [6.45, 7) is 4.79. The Hall–Kier alpha value is -0.610. The van der Waals surface area contributed by atoms with Crippen LogP contribution in [0.5, 0.6) is 0 Å². The summed E-state index contributed by atoms with van der Waals surface area (Å²) in [5.41, 5.74) is 5.95. The van der Waals surface area contributed by atoms with Crippen LogP contribution in [0.2, 0.25) is 0 Å². The molecule has 1 fully saturated rings. The molecule has 1 rings (SSSR count). The number of amides is 1. The Labute approximate surface area is 97.8 Å². The topological polar surface area (TPSA) is 66.6 Å². The van der Waals surface area contributed by atoms with Crippen LogP contribution in [-0.2, 0) is 4.79 Å². The van der Waals surface area contributed by atoms with Crippen LogP contribution in [0.3, 0.4) is 0 Å². The van der Waals surface area contributed by atoms with E-state index >= 15 is 0 Å². The Bertz CT molecular complexity index is 231. The first-order valence-corrected chi connectivity index (χ1v) is 6.24. The molecule has 4 nitrogen and oxygen atoms in total. The predicted molar refractivity (Wildman–Crippen MR) is 63.9 cm³/mol. The first kappa shape index (κ1) is 13.5. The fourth-order valence-corrected chi connectivity index (χ4v) is 2.37. The SMILES string of the molecule is CC(C)N(CCCO)C(=O)C1CCCC1N. The van der Waals surface area contributed by atoms with Crippen molar-refractivity contribution in [3.05, 3.63) is 0 Å². The van der Waals surface area contributed by atoms with Crippen molar-refractivity contribution in [3.8, 4) is 0 Å². The van der Waals surface area contributed by atoms with Crippen molar-refractivity contribution < 1.29 is 9.90 Å². The van der Waals surface area contributed by atoms with Crippen molar-refractivity contribution in [1.82, 2.24) is 4.90 Å². The molecule has 0 aromatic rings. The van der Waals surface area contributed by atoms with Gasteiger partial charge >= 0.3 is 0 Å². The lowest BCUT2D eigenvalue weighted by Crippen LogP contribution is -2.45. The molecule has 1 aliphatic rings. The van der Waals surface area contributed by atoms with Crippen molar-refractivity contribution in [3.63, 3.8) is 0 Å². The van der Waals surface area contributed by atoms with Gasteiger partial charge < -0.3 is 15.7 Å². The minimum Gasteiger partial charge on any atom is -0.396 e. The number of carbonyl (C=O) groups is 1. The molecule has 4 heteroatoms. The molecule has 0 aromatic carbocycles. The zero-order valence-corrected chi connectivity index (χ0v) is 10.4. The second-order valence-corrected chi connectivity index (χ2v) is 4.90. The van der Waals surface area contributed by atoms with Gasteiger partial charge in [-0.2, -0.15) is 0 Å². The van der Waals surface area contributed by atoms with Crippen LogP contribution in [0.15, 0.2) is 0 Å². The van der Waals surface area contributed by atoms with E-state index in [2.05, 4.69) is 0 Å². The fraction of sp³-hybridized carbons (Fsp3) is 0.917. The number of aliphatic hydroxyl groups is 1. The van der Waals surface area contributed by atoms with E-state index in [0.717, 1.165) is 19.3 Å². The Morgan fingerprint density at radius 3 is 2.62 bits per heavy atom. The Kier molecular flexibility index (Phi) is 5.22. The molecule has 0 bridgehead atoms. The maximum absolute atomic E-state index is 12.3. The third-order valence-electron chi connectivity index (χ3n) is 3.35. The summed E-state index contributed by atoms with van der Waals surface area (Å²) in [7, 11) is 0. The number of rotatable bonds is 5. The van der Waals surface area contributed by atoms with Crippen molar-refractivity contribution in [2.75, 3.05) is 13.2 Å². The lowest BCUT2D eigenvalue weighted by Gasteiger charge is -2.30. The van der Waals surface area contributed by atoms with Crippen LogP contribution in [-0.4, -0.2) is 41.1 Å². The predicted octanol–water partition coefficient (Wildman–Crippen LogP) is 0.733. The second-order valence-electron chi connectivity index (χ2n) is 4.90. The van der Waals surface area contributed by atoms with Gasteiger partial charge in [0.2, 0.25) is 5.91 Å². The monoisotopic (exact) mass is 228 g/mol. The minimum atomic E-state index is 0.00101. The Balaban J connectivity index is 2.59. The Morgan fingerprint density at radius 1 is 1.50 bits per heavy atom. The molecule has 3 N–H and O–H groups in total. The molecular formula is C12H24N2O2. The fourth-order valence-electron chi connectivity index (χ4n) is 2.37. The molecular weight excluding hydrogens is 204 g/mol. The van der Waals surface area contributed by atoms with Gasteiger partial charge in [-0.3, -0.25) is 4.79 Å². The van der Waals surface area contributed by atoms with E-state index in [9.17, 15) is 4.79 Å². The maximum atomic E-state index is 12.3. The molecule has 2 unspecified atom stereocenters. The molecule has 0 saturated heterocycles. The molecule has 1 saturated carbocycles. The van der Waals surface area contributed by atoms with Gasteiger partial charge in [0.1, 0.15) is 0 Å². The van der Waals surface area contributed by atoms with Gasteiger partial charge in [-0.15, -0.1) is 0 Å². The van der Waals surface area contributed by atoms with Crippen LogP contribution < -0.4 is 5.73 Å². The molecule has 0 heterocycles. The molecule has 1 amide bonds.